The summed E-state index contributed by atoms with van der Waals surface area (Å²) in [5.74, 6) is -0.907. The first kappa shape index (κ1) is 15.6. The number of phenolic OH excluding ortho intramolecular Hbond substituents is 1. The van der Waals surface area contributed by atoms with Gasteiger partial charge in [-0.15, -0.1) is 0 Å². The molecule has 24 heavy (non-hydrogen) atoms. The van der Waals surface area contributed by atoms with Gasteiger partial charge < -0.3 is 20.1 Å². The molecule has 122 valence electrons. The zero-order valence-corrected chi connectivity index (χ0v) is 13.0. The Labute approximate surface area is 137 Å². The largest absolute Gasteiger partial charge is 0.508 e. The first-order chi connectivity index (χ1) is 11.5. The second-order valence-electron chi connectivity index (χ2n) is 5.46. The summed E-state index contributed by atoms with van der Waals surface area (Å²) in [5, 5.41) is 22.8. The van der Waals surface area contributed by atoms with E-state index < -0.39 is 11.5 Å². The van der Waals surface area contributed by atoms with Crippen molar-refractivity contribution in [1.82, 2.24) is 9.88 Å². The minimum Gasteiger partial charge on any atom is -0.508 e. The minimum absolute atomic E-state index is 0.0891. The summed E-state index contributed by atoms with van der Waals surface area (Å²) in [6, 6.07) is 13.3. The lowest BCUT2D eigenvalue weighted by atomic mass is 10.1. The van der Waals surface area contributed by atoms with Crippen molar-refractivity contribution in [3.05, 3.63) is 70.0 Å². The molecule has 0 saturated heterocycles. The molecule has 1 heterocycles. The van der Waals surface area contributed by atoms with E-state index in [1.54, 1.807) is 43.4 Å². The number of hydrogen-bond donors (Lipinski definition) is 3. The fourth-order valence-electron chi connectivity index (χ4n) is 2.62. The van der Waals surface area contributed by atoms with Crippen molar-refractivity contribution in [2.45, 2.75) is 6.54 Å². The molecule has 1 aromatic heterocycles. The molecule has 0 aliphatic carbocycles. The van der Waals surface area contributed by atoms with Gasteiger partial charge in [-0.05, 0) is 29.8 Å². The average Bonchev–Trinajstić information content (AvgIpc) is 2.58. The third-order valence-electron chi connectivity index (χ3n) is 3.87. The van der Waals surface area contributed by atoms with Crippen LogP contribution in [0.2, 0.25) is 0 Å². The molecule has 0 saturated carbocycles. The van der Waals surface area contributed by atoms with Crippen molar-refractivity contribution in [1.29, 1.82) is 0 Å². The molecule has 6 heteroatoms. The van der Waals surface area contributed by atoms with Gasteiger partial charge in [0.15, 0.2) is 0 Å². The number of carbonyl (C=O) groups excluding carboxylic acids is 1. The number of nitrogens with one attached hydrogen (secondary N) is 1. The van der Waals surface area contributed by atoms with Crippen LogP contribution in [-0.2, 0) is 13.6 Å². The molecule has 0 aliphatic heterocycles. The van der Waals surface area contributed by atoms with Crippen molar-refractivity contribution < 1.29 is 15.0 Å². The Balaban J connectivity index is 1.97. The van der Waals surface area contributed by atoms with Crippen LogP contribution in [-0.4, -0.2) is 20.7 Å². The van der Waals surface area contributed by atoms with Crippen LogP contribution in [0.1, 0.15) is 15.9 Å². The molecule has 3 N–H and O–H groups in total. The smallest absolute Gasteiger partial charge is 0.267 e. The van der Waals surface area contributed by atoms with Gasteiger partial charge in [0.25, 0.3) is 11.5 Å². The van der Waals surface area contributed by atoms with Gasteiger partial charge in [-0.1, -0.05) is 24.3 Å². The van der Waals surface area contributed by atoms with Crippen LogP contribution in [0.5, 0.6) is 11.5 Å². The molecule has 0 atom stereocenters. The standard InChI is InChI=1S/C18H16N2O4/c1-20-14-8-3-2-7-13(14)16(22)15(18(20)24)17(23)19-10-11-5-4-6-12(21)9-11/h2-9,21-22H,10H2,1H3,(H,19,23). The van der Waals surface area contributed by atoms with Gasteiger partial charge in [0, 0.05) is 19.0 Å². The lowest BCUT2D eigenvalue weighted by Gasteiger charge is -2.12. The van der Waals surface area contributed by atoms with Gasteiger partial charge in [0.05, 0.1) is 5.52 Å². The average molecular weight is 324 g/mol. The number of aromatic nitrogens is 1. The summed E-state index contributed by atoms with van der Waals surface area (Å²) in [6.45, 7) is 0.128. The van der Waals surface area contributed by atoms with Crippen LogP contribution in [0, 0.1) is 0 Å². The topological polar surface area (TPSA) is 91.6 Å². The highest BCUT2D eigenvalue weighted by atomic mass is 16.3. The highest BCUT2D eigenvalue weighted by Crippen LogP contribution is 2.25. The molecule has 0 bridgehead atoms. The summed E-state index contributed by atoms with van der Waals surface area (Å²) in [7, 11) is 1.55. The summed E-state index contributed by atoms with van der Waals surface area (Å²) in [4.78, 5) is 24.8. The number of carbonyl (C=O) groups is 1. The predicted octanol–water partition coefficient (Wildman–Crippen LogP) is 1.88. The highest BCUT2D eigenvalue weighted by Gasteiger charge is 2.20. The quantitative estimate of drug-likeness (QED) is 0.686. The number of pyridine rings is 1. The molecule has 3 aromatic rings. The molecule has 0 spiro atoms. The Morgan fingerprint density at radius 1 is 1.12 bits per heavy atom. The number of phenols is 1. The molecule has 0 radical (unpaired) electrons. The summed E-state index contributed by atoms with van der Waals surface area (Å²) < 4.78 is 1.33. The summed E-state index contributed by atoms with van der Waals surface area (Å²) in [5.41, 5.74) is 0.362. The molecule has 0 aliphatic rings. The fraction of sp³-hybridized carbons (Fsp3) is 0.111. The number of fused-ring (bicyclic) bond motifs is 1. The second-order valence-corrected chi connectivity index (χ2v) is 5.46. The van der Waals surface area contributed by atoms with E-state index in [1.807, 2.05) is 0 Å². The minimum atomic E-state index is -0.665. The number of benzene rings is 2. The summed E-state index contributed by atoms with van der Waals surface area (Å²) >= 11 is 0. The zero-order valence-electron chi connectivity index (χ0n) is 13.0. The number of para-hydroxylation sites is 1. The first-order valence-electron chi connectivity index (χ1n) is 7.36. The molecule has 0 fully saturated rings. The number of nitrogens with zero attached hydrogens (tertiary/aromatic N) is 1. The monoisotopic (exact) mass is 324 g/mol. The van der Waals surface area contributed by atoms with E-state index >= 15 is 0 Å². The molecule has 0 unspecified atom stereocenters. The van der Waals surface area contributed by atoms with Gasteiger partial charge >= 0.3 is 0 Å². The van der Waals surface area contributed by atoms with Crippen LogP contribution < -0.4 is 10.9 Å². The second kappa shape index (κ2) is 6.08. The Kier molecular flexibility index (Phi) is 3.95. The highest BCUT2D eigenvalue weighted by molar-refractivity contribution is 6.02. The van der Waals surface area contributed by atoms with Crippen molar-refractivity contribution >= 4 is 16.8 Å². The van der Waals surface area contributed by atoms with Gasteiger partial charge in [-0.3, -0.25) is 9.59 Å². The predicted molar refractivity (Wildman–Crippen MR) is 90.1 cm³/mol. The summed E-state index contributed by atoms with van der Waals surface area (Å²) in [6.07, 6.45) is 0. The maximum absolute atomic E-state index is 12.4. The van der Waals surface area contributed by atoms with Crippen LogP contribution >= 0.6 is 0 Å². The van der Waals surface area contributed by atoms with Crippen molar-refractivity contribution in [2.75, 3.05) is 0 Å². The van der Waals surface area contributed by atoms with Crippen LogP contribution in [0.15, 0.2) is 53.3 Å². The number of aromatic hydroxyl groups is 2. The Hall–Kier alpha value is -3.28. The van der Waals surface area contributed by atoms with Crippen molar-refractivity contribution in [3.8, 4) is 11.5 Å². The van der Waals surface area contributed by atoms with Crippen molar-refractivity contribution in [2.24, 2.45) is 7.05 Å². The molecule has 3 rings (SSSR count). The van der Waals surface area contributed by atoms with E-state index in [1.165, 1.54) is 16.7 Å². The van der Waals surface area contributed by atoms with E-state index in [4.69, 9.17) is 0 Å². The normalized spacial score (nSPS) is 10.7. The van der Waals surface area contributed by atoms with E-state index in [2.05, 4.69) is 5.32 Å². The lowest BCUT2D eigenvalue weighted by molar-refractivity contribution is 0.0946. The molecular weight excluding hydrogens is 308 g/mol. The lowest BCUT2D eigenvalue weighted by Crippen LogP contribution is -2.32. The van der Waals surface area contributed by atoms with E-state index in [0.717, 1.165) is 0 Å². The number of amides is 1. The molecule has 1 amide bonds. The van der Waals surface area contributed by atoms with E-state index in [-0.39, 0.29) is 23.6 Å². The maximum atomic E-state index is 12.4. The Morgan fingerprint density at radius 3 is 2.62 bits per heavy atom. The number of hydrogen-bond acceptors (Lipinski definition) is 4. The van der Waals surface area contributed by atoms with Gasteiger partial charge in [-0.2, -0.15) is 0 Å². The van der Waals surface area contributed by atoms with Gasteiger partial charge in [0.2, 0.25) is 0 Å². The van der Waals surface area contributed by atoms with Crippen LogP contribution in [0.3, 0.4) is 0 Å². The number of aryl methyl sites for hydroxylation is 1. The van der Waals surface area contributed by atoms with E-state index in [9.17, 15) is 19.8 Å². The third kappa shape index (κ3) is 2.69. The third-order valence-corrected chi connectivity index (χ3v) is 3.87. The number of rotatable bonds is 3. The van der Waals surface area contributed by atoms with Crippen LogP contribution in [0.25, 0.3) is 10.9 Å². The Morgan fingerprint density at radius 2 is 1.88 bits per heavy atom. The maximum Gasteiger partial charge on any atom is 0.267 e. The first-order valence-corrected chi connectivity index (χ1v) is 7.36. The fourth-order valence-corrected chi connectivity index (χ4v) is 2.62. The van der Waals surface area contributed by atoms with Gasteiger partial charge in [-0.25, -0.2) is 0 Å². The SMILES string of the molecule is Cn1c(=O)c(C(=O)NCc2cccc(O)c2)c(O)c2ccccc21. The van der Waals surface area contributed by atoms with Crippen LogP contribution in [0.4, 0.5) is 0 Å². The Bertz CT molecular complexity index is 992. The molecule has 2 aromatic carbocycles. The molecular formula is C18H16N2O4. The molecule has 6 nitrogen and oxygen atoms in total. The van der Waals surface area contributed by atoms with Crippen molar-refractivity contribution in [3.63, 3.8) is 0 Å². The van der Waals surface area contributed by atoms with E-state index in [0.29, 0.717) is 16.5 Å². The zero-order chi connectivity index (χ0) is 17.3. The van der Waals surface area contributed by atoms with Gasteiger partial charge in [0.1, 0.15) is 17.1 Å².